The van der Waals surface area contributed by atoms with Crippen molar-refractivity contribution >= 4 is 17.7 Å². The number of hydrogen-bond acceptors (Lipinski definition) is 6. The van der Waals surface area contributed by atoms with E-state index < -0.39 is 18.3 Å². The lowest BCUT2D eigenvalue weighted by atomic mass is 10.1. The Morgan fingerprint density at radius 1 is 0.977 bits per heavy atom. The average molecular weight is 602 g/mol. The van der Waals surface area contributed by atoms with Gasteiger partial charge in [-0.05, 0) is 67.1 Å². The van der Waals surface area contributed by atoms with Crippen LogP contribution in [0.15, 0.2) is 48.5 Å². The number of morpholine rings is 1. The molecule has 9 nitrogen and oxygen atoms in total. The summed E-state index contributed by atoms with van der Waals surface area (Å²) < 4.78 is 19.0. The summed E-state index contributed by atoms with van der Waals surface area (Å²) in [5, 5.41) is 8.67. The predicted molar refractivity (Wildman–Crippen MR) is 163 cm³/mol. The minimum Gasteiger partial charge on any atom is -0.379 e. The number of halogens is 1. The third kappa shape index (κ3) is 7.83. The fourth-order valence-corrected chi connectivity index (χ4v) is 6.05. The van der Waals surface area contributed by atoms with Gasteiger partial charge in [0, 0.05) is 62.4 Å². The van der Waals surface area contributed by atoms with Crippen molar-refractivity contribution in [2.75, 3.05) is 45.9 Å². The first-order chi connectivity index (χ1) is 21.4. The normalized spacial score (nSPS) is 25.4. The lowest BCUT2D eigenvalue weighted by molar-refractivity contribution is -0.134. The largest absolute Gasteiger partial charge is 0.379 e. The van der Waals surface area contributed by atoms with Gasteiger partial charge < -0.3 is 25.6 Å². The Hall–Kier alpha value is -3.78. The number of carbonyl (C=O) groups is 3. The molecular weight excluding hydrogens is 561 g/mol. The van der Waals surface area contributed by atoms with E-state index in [2.05, 4.69) is 44.8 Å². The number of amides is 3. The van der Waals surface area contributed by atoms with Gasteiger partial charge in [0.15, 0.2) is 0 Å². The van der Waals surface area contributed by atoms with Crippen LogP contribution in [0.1, 0.15) is 52.7 Å². The summed E-state index contributed by atoms with van der Waals surface area (Å²) in [6.45, 7) is 5.47. The lowest BCUT2D eigenvalue weighted by Gasteiger charge is -2.26. The van der Waals surface area contributed by atoms with Gasteiger partial charge in [-0.25, -0.2) is 4.39 Å². The van der Waals surface area contributed by atoms with Crippen LogP contribution in [0.2, 0.25) is 0 Å². The summed E-state index contributed by atoms with van der Waals surface area (Å²) in [5.41, 5.74) is 3.51. The topological polar surface area (TPSA) is 103 Å². The summed E-state index contributed by atoms with van der Waals surface area (Å²) in [5.74, 6) is 6.13. The number of ether oxygens (including phenoxy) is 1. The SMILES string of the molecule is O=C(NC[C@H]1C[C@@H](NC(=O)[C@@H]2C[C@H](F)CN2)C(=O)N1CC1CC1)c1ccc(C#Cc2ccc(CN3CCOCC3)cc2)cc1. The van der Waals surface area contributed by atoms with Crippen molar-refractivity contribution in [3.05, 3.63) is 70.8 Å². The Kier molecular flexibility index (Phi) is 9.55. The fraction of sp³-hybridized carbons (Fsp3) is 0.500. The van der Waals surface area contributed by atoms with Crippen LogP contribution in [0.4, 0.5) is 4.39 Å². The zero-order valence-electron chi connectivity index (χ0n) is 24.9. The molecule has 3 aliphatic heterocycles. The van der Waals surface area contributed by atoms with Crippen LogP contribution in [-0.2, 0) is 20.9 Å². The molecule has 6 rings (SSSR count). The molecular formula is C34H40FN5O4. The fourth-order valence-electron chi connectivity index (χ4n) is 6.05. The molecule has 3 amide bonds. The second-order valence-electron chi connectivity index (χ2n) is 12.3. The van der Waals surface area contributed by atoms with Gasteiger partial charge in [-0.15, -0.1) is 0 Å². The van der Waals surface area contributed by atoms with Crippen molar-refractivity contribution in [1.82, 2.24) is 25.8 Å². The third-order valence-electron chi connectivity index (χ3n) is 8.85. The van der Waals surface area contributed by atoms with Gasteiger partial charge in [-0.2, -0.15) is 0 Å². The molecule has 3 N–H and O–H groups in total. The van der Waals surface area contributed by atoms with Gasteiger partial charge in [0.1, 0.15) is 12.2 Å². The van der Waals surface area contributed by atoms with E-state index in [1.54, 1.807) is 17.0 Å². The molecule has 44 heavy (non-hydrogen) atoms. The van der Waals surface area contributed by atoms with Crippen molar-refractivity contribution in [1.29, 1.82) is 0 Å². The van der Waals surface area contributed by atoms with Crippen molar-refractivity contribution in [2.24, 2.45) is 5.92 Å². The van der Waals surface area contributed by atoms with Crippen LogP contribution < -0.4 is 16.0 Å². The Balaban J connectivity index is 1.00. The zero-order chi connectivity index (χ0) is 30.5. The molecule has 0 aromatic heterocycles. The van der Waals surface area contributed by atoms with Crippen LogP contribution in [0.3, 0.4) is 0 Å². The molecule has 0 radical (unpaired) electrons. The molecule has 232 valence electrons. The molecule has 0 unspecified atom stereocenters. The molecule has 3 saturated heterocycles. The first-order valence-corrected chi connectivity index (χ1v) is 15.7. The highest BCUT2D eigenvalue weighted by molar-refractivity contribution is 5.94. The Bertz CT molecular complexity index is 1400. The second kappa shape index (κ2) is 13.9. The van der Waals surface area contributed by atoms with E-state index >= 15 is 0 Å². The Morgan fingerprint density at radius 3 is 2.30 bits per heavy atom. The van der Waals surface area contributed by atoms with E-state index in [0.717, 1.165) is 56.8 Å². The molecule has 0 spiro atoms. The van der Waals surface area contributed by atoms with Gasteiger partial charge in [-0.3, -0.25) is 19.3 Å². The highest BCUT2D eigenvalue weighted by Gasteiger charge is 2.43. The van der Waals surface area contributed by atoms with E-state index in [9.17, 15) is 18.8 Å². The average Bonchev–Trinajstić information content (AvgIpc) is 3.69. The number of alkyl halides is 1. The first kappa shape index (κ1) is 30.3. The third-order valence-corrected chi connectivity index (χ3v) is 8.85. The van der Waals surface area contributed by atoms with Crippen LogP contribution in [-0.4, -0.2) is 97.8 Å². The van der Waals surface area contributed by atoms with E-state index in [-0.39, 0.29) is 36.7 Å². The molecule has 1 aliphatic carbocycles. The van der Waals surface area contributed by atoms with Gasteiger partial charge >= 0.3 is 0 Å². The summed E-state index contributed by atoms with van der Waals surface area (Å²) in [7, 11) is 0. The number of hydrogen-bond donors (Lipinski definition) is 3. The molecule has 0 bridgehead atoms. The summed E-state index contributed by atoms with van der Waals surface area (Å²) in [6.07, 6.45) is 1.64. The van der Waals surface area contributed by atoms with E-state index in [0.29, 0.717) is 31.0 Å². The van der Waals surface area contributed by atoms with Crippen LogP contribution >= 0.6 is 0 Å². The van der Waals surface area contributed by atoms with E-state index in [1.165, 1.54) is 5.56 Å². The Morgan fingerprint density at radius 2 is 1.66 bits per heavy atom. The van der Waals surface area contributed by atoms with Crippen molar-refractivity contribution < 1.29 is 23.5 Å². The molecule has 4 aliphatic rings. The number of nitrogens with zero attached hydrogens (tertiary/aromatic N) is 2. The monoisotopic (exact) mass is 601 g/mol. The number of carbonyl (C=O) groups excluding carboxylic acids is 3. The van der Waals surface area contributed by atoms with E-state index in [4.69, 9.17) is 4.74 Å². The van der Waals surface area contributed by atoms with Crippen molar-refractivity contribution in [3.8, 4) is 11.8 Å². The summed E-state index contributed by atoms with van der Waals surface area (Å²) in [4.78, 5) is 43.0. The van der Waals surface area contributed by atoms with Gasteiger partial charge in [-0.1, -0.05) is 24.0 Å². The maximum absolute atomic E-state index is 13.6. The highest BCUT2D eigenvalue weighted by atomic mass is 19.1. The maximum atomic E-state index is 13.6. The van der Waals surface area contributed by atoms with Gasteiger partial charge in [0.05, 0.1) is 25.3 Å². The molecule has 2 aromatic rings. The standard InChI is InChI=1S/C34H40FN5O4/c35-28-17-30(36-19-28)33(42)38-31-18-29(40(34(31)43)22-26-7-8-26)20-37-32(41)27-11-9-24(10-12-27)2-1-23-3-5-25(6-4-23)21-39-13-15-44-16-14-39/h3-6,9-12,26,28-31,36H,7-8,13-22H2,(H,37,41)(H,38,42)/t28-,29+,30-,31+/m0/s1. The van der Waals surface area contributed by atoms with Gasteiger partial charge in [0.25, 0.3) is 5.91 Å². The second-order valence-corrected chi connectivity index (χ2v) is 12.3. The minimum absolute atomic E-state index is 0.116. The highest BCUT2D eigenvalue weighted by Crippen LogP contribution is 2.33. The van der Waals surface area contributed by atoms with Crippen molar-refractivity contribution in [2.45, 2.75) is 56.5 Å². The van der Waals surface area contributed by atoms with E-state index in [1.807, 2.05) is 24.3 Å². The summed E-state index contributed by atoms with van der Waals surface area (Å²) in [6, 6.07) is 14.0. The predicted octanol–water partition coefficient (Wildman–Crippen LogP) is 1.84. The van der Waals surface area contributed by atoms with Crippen molar-refractivity contribution in [3.63, 3.8) is 0 Å². The van der Waals surface area contributed by atoms with Crippen LogP contribution in [0, 0.1) is 17.8 Å². The number of rotatable bonds is 9. The molecule has 10 heteroatoms. The maximum Gasteiger partial charge on any atom is 0.251 e. The zero-order valence-corrected chi connectivity index (χ0v) is 24.9. The number of benzene rings is 2. The molecule has 2 aromatic carbocycles. The first-order valence-electron chi connectivity index (χ1n) is 15.7. The minimum atomic E-state index is -1.05. The Labute approximate surface area is 257 Å². The molecule has 1 saturated carbocycles. The quantitative estimate of drug-likeness (QED) is 0.380. The smallest absolute Gasteiger partial charge is 0.251 e. The van der Waals surface area contributed by atoms with Crippen LogP contribution in [0.5, 0.6) is 0 Å². The summed E-state index contributed by atoms with van der Waals surface area (Å²) >= 11 is 0. The molecule has 4 atom stereocenters. The van der Waals surface area contributed by atoms with Gasteiger partial charge in [0.2, 0.25) is 11.8 Å². The number of nitrogens with one attached hydrogen (secondary N) is 3. The van der Waals surface area contributed by atoms with Crippen LogP contribution in [0.25, 0.3) is 0 Å². The number of likely N-dealkylation sites (tertiary alicyclic amines) is 1. The molecule has 3 heterocycles. The lowest BCUT2D eigenvalue weighted by Crippen LogP contribution is -2.48. The molecule has 4 fully saturated rings.